The molecule has 0 saturated carbocycles. The van der Waals surface area contributed by atoms with Crippen molar-refractivity contribution in [3.8, 4) is 11.8 Å². The average Bonchev–Trinajstić information content (AvgIpc) is 2.48. The van der Waals surface area contributed by atoms with Crippen molar-refractivity contribution in [3.63, 3.8) is 0 Å². The van der Waals surface area contributed by atoms with Crippen molar-refractivity contribution < 1.29 is 9.53 Å². The predicted octanol–water partition coefficient (Wildman–Crippen LogP) is 2.35. The van der Waals surface area contributed by atoms with Gasteiger partial charge in [0.2, 0.25) is 0 Å². The van der Waals surface area contributed by atoms with E-state index in [0.717, 1.165) is 5.56 Å². The first-order valence-electron chi connectivity index (χ1n) is 6.41. The Morgan fingerprint density at radius 2 is 2.00 bits per heavy atom. The maximum atomic E-state index is 11.8. The lowest BCUT2D eigenvalue weighted by molar-refractivity contribution is -0.118. The molecule has 2 aromatic carbocycles. The normalized spacial score (nSPS) is 9.67. The minimum Gasteiger partial charge on any atom is -0.484 e. The molecule has 0 heterocycles. The van der Waals surface area contributed by atoms with Crippen LogP contribution in [0.4, 0.5) is 11.4 Å². The lowest BCUT2D eigenvalue weighted by Gasteiger charge is -2.08. The van der Waals surface area contributed by atoms with Crippen LogP contribution in [0.25, 0.3) is 0 Å². The molecule has 0 bridgehead atoms. The van der Waals surface area contributed by atoms with Crippen LogP contribution >= 0.6 is 0 Å². The third kappa shape index (κ3) is 4.55. The number of carbonyl (C=O) groups excluding carboxylic acids is 1. The highest BCUT2D eigenvalue weighted by Crippen LogP contribution is 2.14. The second-order valence-electron chi connectivity index (χ2n) is 4.44. The lowest BCUT2D eigenvalue weighted by atomic mass is 10.1. The number of hydrogen-bond donors (Lipinski definition) is 2. The molecule has 5 heteroatoms. The first-order valence-corrected chi connectivity index (χ1v) is 6.41. The number of anilines is 2. The summed E-state index contributed by atoms with van der Waals surface area (Å²) in [5.74, 6) is 0.292. The largest absolute Gasteiger partial charge is 0.484 e. The monoisotopic (exact) mass is 281 g/mol. The molecule has 0 aromatic heterocycles. The second kappa shape index (κ2) is 6.96. The zero-order valence-electron chi connectivity index (χ0n) is 11.4. The Labute approximate surface area is 123 Å². The number of nitriles is 1. The van der Waals surface area contributed by atoms with Gasteiger partial charge in [0.15, 0.2) is 6.61 Å². The number of carbonyl (C=O) groups is 1. The Kier molecular flexibility index (Phi) is 4.78. The molecular formula is C16H15N3O2. The molecule has 0 saturated heterocycles. The molecule has 0 atom stereocenters. The van der Waals surface area contributed by atoms with Gasteiger partial charge in [0.25, 0.3) is 5.91 Å². The van der Waals surface area contributed by atoms with Gasteiger partial charge in [-0.3, -0.25) is 4.79 Å². The first kappa shape index (κ1) is 14.4. The van der Waals surface area contributed by atoms with Crippen LogP contribution in [0.2, 0.25) is 0 Å². The van der Waals surface area contributed by atoms with Crippen LogP contribution in [0, 0.1) is 11.3 Å². The highest BCUT2D eigenvalue weighted by Gasteiger charge is 2.04. The van der Waals surface area contributed by atoms with Crippen LogP contribution in [0.15, 0.2) is 48.5 Å². The van der Waals surface area contributed by atoms with Crippen LogP contribution in [0.1, 0.15) is 5.56 Å². The Bertz CT molecular complexity index is 660. The SMILES string of the molecule is N#CCc1ccc(NC(=O)COc2cccc(N)c2)cc1. The van der Waals surface area contributed by atoms with Crippen molar-refractivity contribution in [1.82, 2.24) is 0 Å². The molecule has 3 N–H and O–H groups in total. The highest BCUT2D eigenvalue weighted by atomic mass is 16.5. The van der Waals surface area contributed by atoms with Crippen molar-refractivity contribution in [2.45, 2.75) is 6.42 Å². The number of amides is 1. The summed E-state index contributed by atoms with van der Waals surface area (Å²) in [6.07, 6.45) is 0.354. The first-order chi connectivity index (χ1) is 10.2. The quantitative estimate of drug-likeness (QED) is 0.823. The Balaban J connectivity index is 1.85. The van der Waals surface area contributed by atoms with E-state index in [2.05, 4.69) is 11.4 Å². The number of nitrogen functional groups attached to an aromatic ring is 1. The lowest BCUT2D eigenvalue weighted by Crippen LogP contribution is -2.20. The van der Waals surface area contributed by atoms with E-state index in [1.54, 1.807) is 48.5 Å². The van der Waals surface area contributed by atoms with E-state index in [1.807, 2.05) is 0 Å². The van der Waals surface area contributed by atoms with Gasteiger partial charge in [-0.25, -0.2) is 0 Å². The third-order valence-corrected chi connectivity index (χ3v) is 2.75. The van der Waals surface area contributed by atoms with Crippen molar-refractivity contribution in [2.24, 2.45) is 0 Å². The molecule has 0 spiro atoms. The van der Waals surface area contributed by atoms with Gasteiger partial charge in [-0.15, -0.1) is 0 Å². The van der Waals surface area contributed by atoms with Gasteiger partial charge >= 0.3 is 0 Å². The topological polar surface area (TPSA) is 88.1 Å². The number of rotatable bonds is 5. The van der Waals surface area contributed by atoms with Gasteiger partial charge in [-0.1, -0.05) is 18.2 Å². The van der Waals surface area contributed by atoms with Crippen molar-refractivity contribution in [2.75, 3.05) is 17.7 Å². The van der Waals surface area contributed by atoms with Crippen LogP contribution in [0.3, 0.4) is 0 Å². The summed E-state index contributed by atoms with van der Waals surface area (Å²) in [5, 5.41) is 11.3. The molecule has 0 fully saturated rings. The van der Waals surface area contributed by atoms with Crippen molar-refractivity contribution >= 4 is 17.3 Å². The molecule has 106 valence electrons. The molecule has 0 unspecified atom stereocenters. The molecule has 0 aliphatic rings. The van der Waals surface area contributed by atoms with Crippen LogP contribution in [0.5, 0.6) is 5.75 Å². The van der Waals surface area contributed by atoms with E-state index in [9.17, 15) is 4.79 Å². The Morgan fingerprint density at radius 1 is 1.24 bits per heavy atom. The summed E-state index contributed by atoms with van der Waals surface area (Å²) >= 11 is 0. The summed E-state index contributed by atoms with van der Waals surface area (Å²) in [6.45, 7) is -0.0938. The molecule has 2 rings (SSSR count). The van der Waals surface area contributed by atoms with E-state index in [4.69, 9.17) is 15.7 Å². The van der Waals surface area contributed by atoms with E-state index in [0.29, 0.717) is 23.5 Å². The number of ether oxygens (including phenoxy) is 1. The fourth-order valence-corrected chi connectivity index (χ4v) is 1.75. The second-order valence-corrected chi connectivity index (χ2v) is 4.44. The minimum absolute atomic E-state index is 0.0938. The molecule has 0 aliphatic heterocycles. The van der Waals surface area contributed by atoms with Gasteiger partial charge in [0.1, 0.15) is 5.75 Å². The zero-order chi connectivity index (χ0) is 15.1. The van der Waals surface area contributed by atoms with E-state index >= 15 is 0 Å². The third-order valence-electron chi connectivity index (χ3n) is 2.75. The molecular weight excluding hydrogens is 266 g/mol. The summed E-state index contributed by atoms with van der Waals surface area (Å²) in [5.41, 5.74) is 7.78. The van der Waals surface area contributed by atoms with Crippen molar-refractivity contribution in [1.29, 1.82) is 5.26 Å². The maximum absolute atomic E-state index is 11.8. The standard InChI is InChI=1S/C16H15N3O2/c17-9-8-12-4-6-14(7-5-12)19-16(20)11-21-15-3-1-2-13(18)10-15/h1-7,10H,8,11,18H2,(H,19,20). The summed E-state index contributed by atoms with van der Waals surface area (Å²) in [4.78, 5) is 11.8. The summed E-state index contributed by atoms with van der Waals surface area (Å²) in [7, 11) is 0. The zero-order valence-corrected chi connectivity index (χ0v) is 11.4. The summed E-state index contributed by atoms with van der Waals surface area (Å²) in [6, 6.07) is 16.1. The van der Waals surface area contributed by atoms with E-state index in [1.165, 1.54) is 0 Å². The van der Waals surface area contributed by atoms with Crippen LogP contribution in [-0.4, -0.2) is 12.5 Å². The smallest absolute Gasteiger partial charge is 0.262 e. The highest BCUT2D eigenvalue weighted by molar-refractivity contribution is 5.91. The molecule has 1 amide bonds. The van der Waals surface area contributed by atoms with Crippen molar-refractivity contribution in [3.05, 3.63) is 54.1 Å². The Hall–Kier alpha value is -3.00. The number of benzene rings is 2. The molecule has 0 aliphatic carbocycles. The average molecular weight is 281 g/mol. The predicted molar refractivity (Wildman–Crippen MR) is 80.7 cm³/mol. The van der Waals surface area contributed by atoms with Gasteiger partial charge in [-0.2, -0.15) is 5.26 Å². The van der Waals surface area contributed by atoms with Gasteiger partial charge < -0.3 is 15.8 Å². The van der Waals surface area contributed by atoms with Gasteiger partial charge in [0, 0.05) is 17.4 Å². The minimum atomic E-state index is -0.259. The van der Waals surface area contributed by atoms with Crippen LogP contribution in [-0.2, 0) is 11.2 Å². The number of hydrogen-bond acceptors (Lipinski definition) is 4. The number of nitrogens with zero attached hydrogens (tertiary/aromatic N) is 1. The van der Waals surface area contributed by atoms with Gasteiger partial charge in [0.05, 0.1) is 12.5 Å². The van der Waals surface area contributed by atoms with Crippen LogP contribution < -0.4 is 15.8 Å². The maximum Gasteiger partial charge on any atom is 0.262 e. The number of nitrogens with two attached hydrogens (primary N) is 1. The molecule has 21 heavy (non-hydrogen) atoms. The summed E-state index contributed by atoms with van der Waals surface area (Å²) < 4.78 is 5.35. The fraction of sp³-hybridized carbons (Fsp3) is 0.125. The fourth-order valence-electron chi connectivity index (χ4n) is 1.75. The van der Waals surface area contributed by atoms with E-state index < -0.39 is 0 Å². The molecule has 0 radical (unpaired) electrons. The number of nitrogens with one attached hydrogen (secondary N) is 1. The molecule has 5 nitrogen and oxygen atoms in total. The molecule has 2 aromatic rings. The Morgan fingerprint density at radius 3 is 2.67 bits per heavy atom. The van der Waals surface area contributed by atoms with E-state index in [-0.39, 0.29) is 12.5 Å². The van der Waals surface area contributed by atoms with Gasteiger partial charge in [-0.05, 0) is 29.8 Å².